The Morgan fingerprint density at radius 2 is 1.75 bits per heavy atom. The van der Waals surface area contributed by atoms with Crippen LogP contribution in [0.2, 0.25) is 0 Å². The van der Waals surface area contributed by atoms with Crippen LogP contribution >= 0.6 is 0 Å². The average Bonchev–Trinajstić information content (AvgIpc) is 2.79. The summed E-state index contributed by atoms with van der Waals surface area (Å²) in [5.41, 5.74) is -5.03. The standard InChI is InChI=1S/C24H23F7N2O6S/c1-22(2,24(29,30)31)39-21(34)32-14-3-6-20-19(8-14)33(10-15(38-20)7-13-11-37-12-13)40(35,36)16-4-5-18(25)17(9-16)23(26,27)28/h3-6,8-9,13,15H,7,10-12H2,1-2H3,(H,32,34). The van der Waals surface area contributed by atoms with E-state index in [2.05, 4.69) is 10.1 Å². The Hall–Kier alpha value is -3.27. The molecule has 0 aliphatic carbocycles. The third-order valence-corrected chi connectivity index (χ3v) is 8.08. The summed E-state index contributed by atoms with van der Waals surface area (Å²) in [5, 5.41) is 2.08. The van der Waals surface area contributed by atoms with Gasteiger partial charge in [0.1, 0.15) is 17.7 Å². The monoisotopic (exact) mass is 600 g/mol. The number of alkyl halides is 6. The lowest BCUT2D eigenvalue weighted by Crippen LogP contribution is -2.46. The van der Waals surface area contributed by atoms with Crippen molar-refractivity contribution in [2.24, 2.45) is 5.92 Å². The van der Waals surface area contributed by atoms with E-state index in [4.69, 9.17) is 9.47 Å². The summed E-state index contributed by atoms with van der Waals surface area (Å²) in [6.45, 7) is 1.72. The van der Waals surface area contributed by atoms with Gasteiger partial charge in [-0.2, -0.15) is 26.3 Å². The number of rotatable bonds is 6. The molecule has 2 aliphatic heterocycles. The van der Waals surface area contributed by atoms with Crippen molar-refractivity contribution in [1.82, 2.24) is 0 Å². The number of ether oxygens (including phenoxy) is 3. The Kier molecular flexibility index (Phi) is 7.64. The molecule has 1 unspecified atom stereocenters. The molecule has 0 aromatic heterocycles. The molecule has 1 amide bonds. The molecule has 2 aromatic carbocycles. The van der Waals surface area contributed by atoms with Gasteiger partial charge in [-0.1, -0.05) is 0 Å². The highest BCUT2D eigenvalue weighted by molar-refractivity contribution is 7.92. The van der Waals surface area contributed by atoms with Crippen molar-refractivity contribution in [3.8, 4) is 5.75 Å². The minimum absolute atomic E-state index is 0.0206. The van der Waals surface area contributed by atoms with Gasteiger partial charge in [0.2, 0.25) is 5.60 Å². The highest BCUT2D eigenvalue weighted by atomic mass is 32.2. The van der Waals surface area contributed by atoms with E-state index >= 15 is 0 Å². The number of hydrogen-bond acceptors (Lipinski definition) is 6. The van der Waals surface area contributed by atoms with E-state index in [1.54, 1.807) is 0 Å². The van der Waals surface area contributed by atoms with Crippen LogP contribution in [-0.2, 0) is 25.7 Å². The predicted molar refractivity (Wildman–Crippen MR) is 126 cm³/mol. The van der Waals surface area contributed by atoms with Gasteiger partial charge in [0.25, 0.3) is 10.0 Å². The maximum atomic E-state index is 13.9. The quantitative estimate of drug-likeness (QED) is 0.426. The molecule has 1 saturated heterocycles. The third-order valence-electron chi connectivity index (χ3n) is 6.30. The molecular formula is C24H23F7N2O6S. The van der Waals surface area contributed by atoms with Crippen LogP contribution in [0.5, 0.6) is 5.75 Å². The number of anilines is 2. The van der Waals surface area contributed by atoms with Crippen LogP contribution in [0.25, 0.3) is 0 Å². The Labute approximate surface area is 224 Å². The molecule has 8 nitrogen and oxygen atoms in total. The second kappa shape index (κ2) is 10.3. The molecule has 0 bridgehead atoms. The van der Waals surface area contributed by atoms with Crippen molar-refractivity contribution in [2.75, 3.05) is 29.4 Å². The fourth-order valence-corrected chi connectivity index (χ4v) is 5.50. The van der Waals surface area contributed by atoms with Crippen molar-refractivity contribution in [3.05, 3.63) is 47.8 Å². The summed E-state index contributed by atoms with van der Waals surface area (Å²) in [4.78, 5) is 11.3. The SMILES string of the molecule is CC(C)(OC(=O)Nc1ccc2c(c1)N(S(=O)(=O)c1ccc(F)c(C(F)(F)F)c1)CC(CC1COC1)O2)C(F)(F)F. The maximum absolute atomic E-state index is 13.9. The first-order chi connectivity index (χ1) is 18.4. The molecule has 2 aromatic rings. The summed E-state index contributed by atoms with van der Waals surface area (Å²) in [5.74, 6) is -1.64. The van der Waals surface area contributed by atoms with Crippen LogP contribution in [0.1, 0.15) is 25.8 Å². The van der Waals surface area contributed by atoms with Gasteiger partial charge in [0.15, 0.2) is 0 Å². The molecule has 0 saturated carbocycles. The number of halogens is 7. The smallest absolute Gasteiger partial charge is 0.427 e. The maximum Gasteiger partial charge on any atom is 0.427 e. The Morgan fingerprint density at radius 1 is 1.07 bits per heavy atom. The minimum atomic E-state index is -5.17. The average molecular weight is 601 g/mol. The Balaban J connectivity index is 1.70. The van der Waals surface area contributed by atoms with E-state index in [1.807, 2.05) is 0 Å². The number of nitrogens with one attached hydrogen (secondary N) is 1. The topological polar surface area (TPSA) is 94.2 Å². The van der Waals surface area contributed by atoms with Gasteiger partial charge < -0.3 is 14.2 Å². The van der Waals surface area contributed by atoms with E-state index in [0.29, 0.717) is 45.6 Å². The number of carbonyl (C=O) groups excluding carboxylic acids is 1. The summed E-state index contributed by atoms with van der Waals surface area (Å²) in [6.07, 6.45) is -11.9. The van der Waals surface area contributed by atoms with Crippen LogP contribution < -0.4 is 14.4 Å². The van der Waals surface area contributed by atoms with Gasteiger partial charge in [-0.3, -0.25) is 9.62 Å². The Morgan fingerprint density at radius 3 is 2.33 bits per heavy atom. The van der Waals surface area contributed by atoms with Crippen molar-refractivity contribution in [1.29, 1.82) is 0 Å². The molecule has 40 heavy (non-hydrogen) atoms. The van der Waals surface area contributed by atoms with Crippen LogP contribution in [0.15, 0.2) is 41.3 Å². The molecule has 4 rings (SSSR count). The van der Waals surface area contributed by atoms with Gasteiger partial charge in [0.05, 0.1) is 35.9 Å². The van der Waals surface area contributed by atoms with Gasteiger partial charge in [-0.05, 0) is 56.7 Å². The molecule has 16 heteroatoms. The van der Waals surface area contributed by atoms with E-state index in [1.165, 1.54) is 12.1 Å². The summed E-state index contributed by atoms with van der Waals surface area (Å²) in [6, 6.07) is 4.77. The van der Waals surface area contributed by atoms with Crippen molar-refractivity contribution in [3.63, 3.8) is 0 Å². The van der Waals surface area contributed by atoms with Crippen LogP contribution in [0.3, 0.4) is 0 Å². The van der Waals surface area contributed by atoms with Crippen molar-refractivity contribution >= 4 is 27.5 Å². The van der Waals surface area contributed by atoms with Crippen molar-refractivity contribution < 1.29 is 58.2 Å². The number of hydrogen-bond donors (Lipinski definition) is 1. The number of benzene rings is 2. The highest BCUT2D eigenvalue weighted by Gasteiger charge is 2.51. The van der Waals surface area contributed by atoms with Crippen LogP contribution in [0, 0.1) is 11.7 Å². The zero-order valence-electron chi connectivity index (χ0n) is 20.9. The largest absolute Gasteiger partial charge is 0.486 e. The second-order valence-corrected chi connectivity index (χ2v) is 11.6. The first-order valence-electron chi connectivity index (χ1n) is 11.7. The molecule has 2 heterocycles. The highest BCUT2D eigenvalue weighted by Crippen LogP contribution is 2.42. The second-order valence-electron chi connectivity index (χ2n) is 9.76. The lowest BCUT2D eigenvalue weighted by molar-refractivity contribution is -0.242. The van der Waals surface area contributed by atoms with Crippen LogP contribution in [0.4, 0.5) is 46.9 Å². The number of nitrogens with zero attached hydrogens (tertiary/aromatic N) is 1. The number of amides is 1. The number of sulfonamides is 1. The van der Waals surface area contributed by atoms with Gasteiger partial charge in [-0.25, -0.2) is 17.6 Å². The number of carbonyl (C=O) groups is 1. The summed E-state index contributed by atoms with van der Waals surface area (Å²) < 4.78 is 136. The van der Waals surface area contributed by atoms with Gasteiger partial charge >= 0.3 is 18.4 Å². The molecule has 1 atom stereocenters. The summed E-state index contributed by atoms with van der Waals surface area (Å²) in [7, 11) is -4.76. The summed E-state index contributed by atoms with van der Waals surface area (Å²) >= 11 is 0. The molecular weight excluding hydrogens is 577 g/mol. The fourth-order valence-electron chi connectivity index (χ4n) is 3.97. The lowest BCUT2D eigenvalue weighted by atomic mass is 9.99. The molecule has 220 valence electrons. The first-order valence-corrected chi connectivity index (χ1v) is 13.2. The molecule has 1 fully saturated rings. The minimum Gasteiger partial charge on any atom is -0.486 e. The number of fused-ring (bicyclic) bond motifs is 1. The first kappa shape index (κ1) is 29.7. The van der Waals surface area contributed by atoms with E-state index in [0.717, 1.165) is 10.4 Å². The van der Waals surface area contributed by atoms with E-state index in [-0.39, 0.29) is 35.7 Å². The van der Waals surface area contributed by atoms with Crippen LogP contribution in [-0.4, -0.2) is 52.2 Å². The van der Waals surface area contributed by atoms with Crippen molar-refractivity contribution in [2.45, 2.75) is 49.2 Å². The van der Waals surface area contributed by atoms with E-state index in [9.17, 15) is 43.9 Å². The molecule has 0 spiro atoms. The molecule has 2 aliphatic rings. The zero-order valence-corrected chi connectivity index (χ0v) is 21.7. The van der Waals surface area contributed by atoms with Gasteiger partial charge in [-0.15, -0.1) is 0 Å². The van der Waals surface area contributed by atoms with Gasteiger partial charge in [0, 0.05) is 11.6 Å². The normalized spacial score (nSPS) is 18.4. The predicted octanol–water partition coefficient (Wildman–Crippen LogP) is 5.73. The fraction of sp³-hybridized carbons (Fsp3) is 0.458. The lowest BCUT2D eigenvalue weighted by Gasteiger charge is -2.38. The zero-order chi connectivity index (χ0) is 29.7. The molecule has 0 radical (unpaired) electrons. The Bertz CT molecular complexity index is 1390. The molecule has 1 N–H and O–H groups in total. The third kappa shape index (κ3) is 6.06. The van der Waals surface area contributed by atoms with E-state index < -0.39 is 56.5 Å².